The third-order valence-corrected chi connectivity index (χ3v) is 4.05. The van der Waals surface area contributed by atoms with Crippen LogP contribution in [0.15, 0.2) is 0 Å². The molecule has 2 fully saturated rings. The van der Waals surface area contributed by atoms with E-state index < -0.39 is 0 Å². The Hall–Kier alpha value is -0.0400. The van der Waals surface area contributed by atoms with Gasteiger partial charge in [-0.15, -0.1) is 0 Å². The summed E-state index contributed by atoms with van der Waals surface area (Å²) in [4.78, 5) is 0. The van der Waals surface area contributed by atoms with Gasteiger partial charge in [0.25, 0.3) is 0 Å². The predicted molar refractivity (Wildman–Crippen MR) is 56.4 cm³/mol. The first kappa shape index (κ1) is 9.51. The number of fused-ring (bicyclic) bond motifs is 1. The molecule has 0 amide bonds. The van der Waals surface area contributed by atoms with Gasteiger partial charge in [-0.1, -0.05) is 32.6 Å². The summed E-state index contributed by atoms with van der Waals surface area (Å²) in [6.45, 7) is 2.44. The van der Waals surface area contributed by atoms with Gasteiger partial charge in [0.2, 0.25) is 0 Å². The van der Waals surface area contributed by atoms with E-state index in [1.54, 1.807) is 0 Å². The monoisotopic (exact) mass is 181 g/mol. The second kappa shape index (κ2) is 4.00. The summed E-state index contributed by atoms with van der Waals surface area (Å²) in [5.74, 6) is 3.03. The maximum atomic E-state index is 6.09. The van der Waals surface area contributed by atoms with Gasteiger partial charge in [-0.2, -0.15) is 0 Å². The lowest BCUT2D eigenvalue weighted by Crippen LogP contribution is -2.21. The van der Waals surface area contributed by atoms with Crippen LogP contribution in [0.4, 0.5) is 0 Å². The Balaban J connectivity index is 1.85. The van der Waals surface area contributed by atoms with Crippen molar-refractivity contribution < 1.29 is 0 Å². The molecule has 0 spiro atoms. The van der Waals surface area contributed by atoms with Crippen molar-refractivity contribution in [3.05, 3.63) is 0 Å². The van der Waals surface area contributed by atoms with E-state index in [2.05, 4.69) is 6.92 Å². The second-order valence-electron chi connectivity index (χ2n) is 5.27. The molecule has 3 unspecified atom stereocenters. The highest BCUT2D eigenvalue weighted by Gasteiger charge is 2.41. The predicted octanol–water partition coefficient (Wildman–Crippen LogP) is 2.94. The highest BCUT2D eigenvalue weighted by atomic mass is 14.6. The van der Waals surface area contributed by atoms with Gasteiger partial charge in [0, 0.05) is 6.04 Å². The van der Waals surface area contributed by atoms with Gasteiger partial charge < -0.3 is 5.73 Å². The Morgan fingerprint density at radius 3 is 2.62 bits per heavy atom. The third kappa shape index (κ3) is 2.46. The highest BCUT2D eigenvalue weighted by molar-refractivity contribution is 4.92. The van der Waals surface area contributed by atoms with Crippen molar-refractivity contribution in [2.75, 3.05) is 0 Å². The Kier molecular flexibility index (Phi) is 2.92. The lowest BCUT2D eigenvalue weighted by molar-refractivity contribution is 0.376. The fourth-order valence-electron chi connectivity index (χ4n) is 3.01. The summed E-state index contributed by atoms with van der Waals surface area (Å²) >= 11 is 0. The molecule has 0 heterocycles. The third-order valence-electron chi connectivity index (χ3n) is 4.05. The van der Waals surface area contributed by atoms with Crippen molar-refractivity contribution in [3.8, 4) is 0 Å². The minimum Gasteiger partial charge on any atom is -0.328 e. The van der Waals surface area contributed by atoms with Gasteiger partial charge in [0.1, 0.15) is 0 Å². The summed E-state index contributed by atoms with van der Waals surface area (Å²) in [7, 11) is 0. The molecule has 0 radical (unpaired) electrons. The van der Waals surface area contributed by atoms with Gasteiger partial charge in [0.05, 0.1) is 0 Å². The fraction of sp³-hybridized carbons (Fsp3) is 1.00. The molecule has 2 aliphatic carbocycles. The minimum atomic E-state index is 0.514. The molecule has 4 atom stereocenters. The molecule has 0 saturated heterocycles. The van der Waals surface area contributed by atoms with Crippen LogP contribution in [0, 0.1) is 17.8 Å². The number of rotatable bonds is 0. The zero-order chi connectivity index (χ0) is 9.26. The van der Waals surface area contributed by atoms with Crippen LogP contribution in [0.25, 0.3) is 0 Å². The number of hydrogen-bond acceptors (Lipinski definition) is 1. The first-order chi connectivity index (χ1) is 6.27. The zero-order valence-electron chi connectivity index (χ0n) is 8.84. The van der Waals surface area contributed by atoms with Crippen molar-refractivity contribution in [1.29, 1.82) is 0 Å². The quantitative estimate of drug-likeness (QED) is 0.611. The largest absolute Gasteiger partial charge is 0.328 e. The molecule has 2 saturated carbocycles. The molecule has 13 heavy (non-hydrogen) atoms. The van der Waals surface area contributed by atoms with Crippen molar-refractivity contribution >= 4 is 0 Å². The number of hydrogen-bond donors (Lipinski definition) is 1. The van der Waals surface area contributed by atoms with Gasteiger partial charge >= 0.3 is 0 Å². The summed E-state index contributed by atoms with van der Waals surface area (Å²) < 4.78 is 0. The second-order valence-corrected chi connectivity index (χ2v) is 5.27. The van der Waals surface area contributed by atoms with Crippen LogP contribution in [0.3, 0.4) is 0 Å². The average molecular weight is 181 g/mol. The highest BCUT2D eigenvalue weighted by Crippen LogP contribution is 2.49. The molecule has 76 valence electrons. The molecule has 1 heteroatoms. The minimum absolute atomic E-state index is 0.514. The molecule has 0 aromatic rings. The molecular weight excluding hydrogens is 158 g/mol. The molecule has 0 bridgehead atoms. The van der Waals surface area contributed by atoms with Gasteiger partial charge in [0.15, 0.2) is 0 Å². The van der Waals surface area contributed by atoms with Crippen LogP contribution in [-0.2, 0) is 0 Å². The van der Waals surface area contributed by atoms with Crippen molar-refractivity contribution in [3.63, 3.8) is 0 Å². The van der Waals surface area contributed by atoms with E-state index in [1.165, 1.54) is 44.9 Å². The van der Waals surface area contributed by atoms with Crippen LogP contribution in [0.2, 0.25) is 0 Å². The zero-order valence-corrected chi connectivity index (χ0v) is 8.84. The molecule has 2 aliphatic rings. The molecule has 2 N–H and O–H groups in total. The first-order valence-corrected chi connectivity index (χ1v) is 6.03. The lowest BCUT2D eigenvalue weighted by atomic mass is 9.92. The fourth-order valence-corrected chi connectivity index (χ4v) is 3.01. The van der Waals surface area contributed by atoms with Crippen LogP contribution >= 0.6 is 0 Å². The Bertz CT molecular complexity index is 167. The molecule has 2 rings (SSSR count). The van der Waals surface area contributed by atoms with Crippen molar-refractivity contribution in [2.24, 2.45) is 23.5 Å². The first-order valence-electron chi connectivity index (χ1n) is 6.03. The van der Waals surface area contributed by atoms with E-state index in [0.29, 0.717) is 6.04 Å². The molecule has 1 nitrogen and oxygen atoms in total. The smallest absolute Gasteiger partial charge is 0.00415 e. The van der Waals surface area contributed by atoms with Gasteiger partial charge in [-0.05, 0) is 37.0 Å². The van der Waals surface area contributed by atoms with Crippen LogP contribution in [0.1, 0.15) is 51.9 Å². The van der Waals surface area contributed by atoms with E-state index >= 15 is 0 Å². The SMILES string of the molecule is CC1CCCCC[C@H](N)CC2CC12. The van der Waals surface area contributed by atoms with E-state index in [-0.39, 0.29) is 0 Å². The van der Waals surface area contributed by atoms with Crippen LogP contribution < -0.4 is 5.73 Å². The number of nitrogens with two attached hydrogens (primary N) is 1. The normalized spacial score (nSPS) is 46.6. The van der Waals surface area contributed by atoms with E-state index in [9.17, 15) is 0 Å². The lowest BCUT2D eigenvalue weighted by Gasteiger charge is -2.16. The standard InChI is InChI=1S/C12H23N/c1-9-5-3-2-4-6-11(13)7-10-8-12(9)10/h9-12H,2-8,13H2,1H3/t9?,10?,11-,12?/m0/s1. The summed E-state index contributed by atoms with van der Waals surface area (Å²) in [6, 6.07) is 0.514. The summed E-state index contributed by atoms with van der Waals surface area (Å²) in [6.07, 6.45) is 9.76. The Labute approximate surface area is 82.1 Å². The Morgan fingerprint density at radius 1 is 1.00 bits per heavy atom. The summed E-state index contributed by atoms with van der Waals surface area (Å²) in [5, 5.41) is 0. The summed E-state index contributed by atoms with van der Waals surface area (Å²) in [5.41, 5.74) is 6.09. The van der Waals surface area contributed by atoms with Gasteiger partial charge in [-0.25, -0.2) is 0 Å². The maximum absolute atomic E-state index is 6.09. The van der Waals surface area contributed by atoms with Crippen molar-refractivity contribution in [2.45, 2.75) is 57.9 Å². The van der Waals surface area contributed by atoms with Crippen molar-refractivity contribution in [1.82, 2.24) is 0 Å². The van der Waals surface area contributed by atoms with E-state index in [1.807, 2.05) is 0 Å². The molecule has 0 aliphatic heterocycles. The molecule has 0 aromatic heterocycles. The topological polar surface area (TPSA) is 26.0 Å². The van der Waals surface area contributed by atoms with E-state index in [4.69, 9.17) is 5.73 Å². The van der Waals surface area contributed by atoms with Gasteiger partial charge in [-0.3, -0.25) is 0 Å². The molecular formula is C12H23N. The maximum Gasteiger partial charge on any atom is 0.00415 e. The van der Waals surface area contributed by atoms with E-state index in [0.717, 1.165) is 17.8 Å². The molecule has 0 aromatic carbocycles. The Morgan fingerprint density at radius 2 is 1.77 bits per heavy atom. The average Bonchev–Trinajstić information content (AvgIpc) is 2.82. The van der Waals surface area contributed by atoms with Crippen LogP contribution in [0.5, 0.6) is 0 Å². The van der Waals surface area contributed by atoms with Crippen LogP contribution in [-0.4, -0.2) is 6.04 Å².